The molecular formula is C24H22N3O3+. The molecule has 0 bridgehead atoms. The molecule has 3 aromatic carbocycles. The van der Waals surface area contributed by atoms with Gasteiger partial charge < -0.3 is 20.3 Å². The van der Waals surface area contributed by atoms with Crippen molar-refractivity contribution in [3.05, 3.63) is 83.7 Å². The predicted octanol–water partition coefficient (Wildman–Crippen LogP) is 3.39. The highest BCUT2D eigenvalue weighted by molar-refractivity contribution is 5.90. The standard InChI is InChI=1S/C24H21N3O3/c1-29-18-9-5-4-8-17(18)21-20-16-7-3-2-6-15(16)10-11-19(20)30-24-22(21)23(25)27(12-13-28)14-26-24/h2-11,14,21,25,28H,12-13H2,1H3/p+1/t21-/m1/s1. The third kappa shape index (κ3) is 2.76. The van der Waals surface area contributed by atoms with Crippen molar-refractivity contribution < 1.29 is 19.1 Å². The summed E-state index contributed by atoms with van der Waals surface area (Å²) in [7, 11) is 1.67. The minimum atomic E-state index is -0.232. The van der Waals surface area contributed by atoms with Gasteiger partial charge in [-0.05, 0) is 22.9 Å². The maximum atomic E-state index is 9.46. The molecule has 0 radical (unpaired) electrons. The molecule has 6 heteroatoms. The van der Waals surface area contributed by atoms with E-state index in [2.05, 4.69) is 23.2 Å². The van der Waals surface area contributed by atoms with Gasteiger partial charge in [0.05, 0.1) is 26.2 Å². The van der Waals surface area contributed by atoms with Gasteiger partial charge in [0, 0.05) is 11.1 Å². The number of methoxy groups -OCH3 is 1. The van der Waals surface area contributed by atoms with Crippen molar-refractivity contribution in [2.45, 2.75) is 12.5 Å². The van der Waals surface area contributed by atoms with Crippen LogP contribution in [0.1, 0.15) is 22.6 Å². The van der Waals surface area contributed by atoms with Crippen LogP contribution in [0.3, 0.4) is 0 Å². The van der Waals surface area contributed by atoms with E-state index in [1.807, 2.05) is 42.5 Å². The van der Waals surface area contributed by atoms with Crippen LogP contribution in [0.2, 0.25) is 0 Å². The number of hydrogen-bond acceptors (Lipinski definition) is 5. The van der Waals surface area contributed by atoms with Crippen LogP contribution in [0.25, 0.3) is 10.8 Å². The predicted molar refractivity (Wildman–Crippen MR) is 114 cm³/mol. The van der Waals surface area contributed by atoms with Gasteiger partial charge in [-0.25, -0.2) is 4.57 Å². The van der Waals surface area contributed by atoms with Crippen LogP contribution in [0.4, 0.5) is 5.82 Å². The first-order valence-electron chi connectivity index (χ1n) is 9.84. The van der Waals surface area contributed by atoms with Crippen molar-refractivity contribution in [3.8, 4) is 17.4 Å². The lowest BCUT2D eigenvalue weighted by Crippen LogP contribution is -2.41. The molecule has 1 aromatic heterocycles. The van der Waals surface area contributed by atoms with Crippen LogP contribution in [-0.2, 0) is 6.54 Å². The van der Waals surface area contributed by atoms with E-state index in [-0.39, 0.29) is 12.5 Å². The first kappa shape index (κ1) is 18.4. The highest BCUT2D eigenvalue weighted by Crippen LogP contribution is 2.51. The number of hydrogen-bond donors (Lipinski definition) is 2. The molecule has 150 valence electrons. The van der Waals surface area contributed by atoms with Gasteiger partial charge in [-0.3, -0.25) is 0 Å². The van der Waals surface area contributed by atoms with Gasteiger partial charge in [-0.15, -0.1) is 0 Å². The number of aliphatic hydroxyl groups excluding tert-OH is 1. The highest BCUT2D eigenvalue weighted by atomic mass is 16.5. The molecule has 1 aliphatic heterocycles. The van der Waals surface area contributed by atoms with E-state index in [4.69, 9.17) is 15.2 Å². The fourth-order valence-electron chi connectivity index (χ4n) is 4.28. The first-order valence-corrected chi connectivity index (χ1v) is 9.84. The van der Waals surface area contributed by atoms with Crippen LogP contribution >= 0.6 is 0 Å². The Morgan fingerprint density at radius 2 is 1.87 bits per heavy atom. The van der Waals surface area contributed by atoms with E-state index < -0.39 is 0 Å². The number of aliphatic hydroxyl groups is 1. The van der Waals surface area contributed by atoms with Gasteiger partial charge in [0.15, 0.2) is 0 Å². The van der Waals surface area contributed by atoms with Crippen molar-refractivity contribution in [2.24, 2.45) is 0 Å². The average molecular weight is 400 g/mol. The van der Waals surface area contributed by atoms with Gasteiger partial charge in [-0.1, -0.05) is 53.5 Å². The Labute approximate surface area is 174 Å². The monoisotopic (exact) mass is 400 g/mol. The van der Waals surface area contributed by atoms with E-state index >= 15 is 0 Å². The first-order chi connectivity index (χ1) is 14.7. The normalized spacial score (nSPS) is 14.7. The molecular weight excluding hydrogens is 378 g/mol. The molecule has 0 saturated carbocycles. The number of nitrogens with zero attached hydrogens (tertiary/aromatic N) is 2. The Hall–Kier alpha value is -3.64. The van der Waals surface area contributed by atoms with Gasteiger partial charge in [0.1, 0.15) is 17.1 Å². The van der Waals surface area contributed by atoms with Gasteiger partial charge in [0.2, 0.25) is 12.1 Å². The second-order valence-corrected chi connectivity index (χ2v) is 7.24. The number of anilines is 1. The Morgan fingerprint density at radius 3 is 2.70 bits per heavy atom. The molecule has 0 saturated heterocycles. The molecule has 3 N–H and O–H groups in total. The Balaban J connectivity index is 1.87. The molecule has 4 aromatic rings. The Bertz CT molecular complexity index is 1260. The summed E-state index contributed by atoms with van der Waals surface area (Å²) in [4.78, 5) is 4.52. The maximum absolute atomic E-state index is 9.46. The second-order valence-electron chi connectivity index (χ2n) is 7.24. The van der Waals surface area contributed by atoms with E-state index in [1.165, 1.54) is 0 Å². The number of ether oxygens (including phenoxy) is 2. The summed E-state index contributed by atoms with van der Waals surface area (Å²) < 4.78 is 13.7. The summed E-state index contributed by atoms with van der Waals surface area (Å²) in [6.07, 6.45) is 1.61. The molecule has 6 nitrogen and oxygen atoms in total. The molecule has 30 heavy (non-hydrogen) atoms. The van der Waals surface area contributed by atoms with Crippen molar-refractivity contribution in [1.82, 2.24) is 4.98 Å². The van der Waals surface area contributed by atoms with Crippen molar-refractivity contribution in [1.29, 1.82) is 0 Å². The summed E-state index contributed by atoms with van der Waals surface area (Å²) in [5.41, 5.74) is 9.39. The van der Waals surface area contributed by atoms with Crippen LogP contribution < -0.4 is 19.8 Å². The number of nitrogens with two attached hydrogens (primary N) is 1. The van der Waals surface area contributed by atoms with Gasteiger partial charge in [0.25, 0.3) is 0 Å². The maximum Gasteiger partial charge on any atom is 0.306 e. The minimum absolute atomic E-state index is 0.0327. The van der Waals surface area contributed by atoms with Gasteiger partial charge >= 0.3 is 5.88 Å². The smallest absolute Gasteiger partial charge is 0.306 e. The van der Waals surface area contributed by atoms with Crippen LogP contribution in [0.5, 0.6) is 17.4 Å². The largest absolute Gasteiger partial charge is 0.496 e. The molecule has 0 unspecified atom stereocenters. The quantitative estimate of drug-likeness (QED) is 0.452. The molecule has 0 fully saturated rings. The van der Waals surface area contributed by atoms with E-state index in [0.29, 0.717) is 18.2 Å². The number of nitrogen functional groups attached to an aromatic ring is 1. The summed E-state index contributed by atoms with van der Waals surface area (Å²) in [6, 6.07) is 20.2. The Morgan fingerprint density at radius 1 is 1.07 bits per heavy atom. The Kier molecular flexibility index (Phi) is 4.48. The van der Waals surface area contributed by atoms with Crippen molar-refractivity contribution in [3.63, 3.8) is 0 Å². The zero-order valence-electron chi connectivity index (χ0n) is 16.6. The topological polar surface area (TPSA) is 81.5 Å². The molecule has 5 rings (SSSR count). The van der Waals surface area contributed by atoms with Gasteiger partial charge in [-0.2, -0.15) is 0 Å². The lowest BCUT2D eigenvalue weighted by Gasteiger charge is -2.29. The van der Waals surface area contributed by atoms with Crippen LogP contribution in [0, 0.1) is 0 Å². The average Bonchev–Trinajstić information content (AvgIpc) is 2.79. The fraction of sp³-hybridized carbons (Fsp3) is 0.167. The molecule has 0 spiro atoms. The molecule has 1 aliphatic rings. The lowest BCUT2D eigenvalue weighted by atomic mass is 9.81. The van der Waals surface area contributed by atoms with E-state index in [9.17, 15) is 5.11 Å². The lowest BCUT2D eigenvalue weighted by molar-refractivity contribution is -0.687. The summed E-state index contributed by atoms with van der Waals surface area (Å²) in [5, 5.41) is 11.7. The second kappa shape index (κ2) is 7.31. The number of aromatic nitrogens is 2. The zero-order valence-corrected chi connectivity index (χ0v) is 16.6. The summed E-state index contributed by atoms with van der Waals surface area (Å²) in [6.45, 7) is 0.322. The number of rotatable bonds is 4. The summed E-state index contributed by atoms with van der Waals surface area (Å²) >= 11 is 0. The number of benzene rings is 3. The van der Waals surface area contributed by atoms with E-state index in [0.717, 1.165) is 39.0 Å². The fourth-order valence-corrected chi connectivity index (χ4v) is 4.28. The molecule has 0 aliphatic carbocycles. The minimum Gasteiger partial charge on any atom is -0.496 e. The van der Waals surface area contributed by atoms with Crippen LogP contribution in [-0.4, -0.2) is 23.8 Å². The number of fused-ring (bicyclic) bond motifs is 4. The number of para-hydroxylation sites is 1. The van der Waals surface area contributed by atoms with Crippen LogP contribution in [0.15, 0.2) is 67.0 Å². The summed E-state index contributed by atoms with van der Waals surface area (Å²) in [5.74, 6) is 2.28. The zero-order chi connectivity index (χ0) is 20.7. The third-order valence-electron chi connectivity index (χ3n) is 5.64. The van der Waals surface area contributed by atoms with E-state index in [1.54, 1.807) is 18.0 Å². The third-order valence-corrected chi connectivity index (χ3v) is 5.64. The molecule has 1 atom stereocenters. The molecule has 0 amide bonds. The molecule has 2 heterocycles. The van der Waals surface area contributed by atoms with Crippen molar-refractivity contribution in [2.75, 3.05) is 19.5 Å². The van der Waals surface area contributed by atoms with Crippen molar-refractivity contribution >= 4 is 16.6 Å². The SMILES string of the molecule is COc1ccccc1[C@H]1c2c(nc[n+](CCO)c2N)Oc2ccc3ccccc3c21. The highest BCUT2D eigenvalue weighted by Gasteiger charge is 2.38.